The number of nitrogens with two attached hydrogens (primary N) is 1. The molecule has 1 unspecified atom stereocenters. The van der Waals surface area contributed by atoms with E-state index in [1.807, 2.05) is 13.8 Å². The molecule has 0 aromatic carbocycles. The number of rotatable bonds is 8. The molecule has 26 heavy (non-hydrogen) atoms. The third-order valence-corrected chi connectivity index (χ3v) is 4.96. The molecule has 0 radical (unpaired) electrons. The van der Waals surface area contributed by atoms with Crippen LogP contribution in [-0.2, 0) is 16.0 Å². The molecule has 3 N–H and O–H groups in total. The highest BCUT2D eigenvalue weighted by molar-refractivity contribution is 5.98. The number of hydrogen-bond acceptors (Lipinski definition) is 5. The number of fused-ring (bicyclic) bond motifs is 1. The van der Waals surface area contributed by atoms with Crippen molar-refractivity contribution in [1.29, 1.82) is 0 Å². The second kappa shape index (κ2) is 7.41. The Bertz CT molecular complexity index is 841. The fourth-order valence-electron chi connectivity index (χ4n) is 3.34. The van der Waals surface area contributed by atoms with Crippen molar-refractivity contribution < 1.29 is 14.3 Å². The summed E-state index contributed by atoms with van der Waals surface area (Å²) in [6, 6.07) is 0.0968. The molecule has 8 nitrogen and oxygen atoms in total. The number of hydrogen-bond donors (Lipinski definition) is 2. The molecule has 0 saturated heterocycles. The summed E-state index contributed by atoms with van der Waals surface area (Å²) in [6.45, 7) is 4.33. The Morgan fingerprint density at radius 3 is 2.77 bits per heavy atom. The van der Waals surface area contributed by atoms with Gasteiger partial charge < -0.3 is 15.8 Å². The highest BCUT2D eigenvalue weighted by atomic mass is 16.5. The zero-order valence-corrected chi connectivity index (χ0v) is 15.4. The topological polar surface area (TPSA) is 112 Å². The van der Waals surface area contributed by atoms with Crippen LogP contribution >= 0.6 is 0 Å². The number of aryl methyl sites for hydroxylation is 2. The third-order valence-electron chi connectivity index (χ3n) is 4.96. The first-order chi connectivity index (χ1) is 12.4. The van der Waals surface area contributed by atoms with Gasteiger partial charge in [-0.2, -0.15) is 5.10 Å². The summed E-state index contributed by atoms with van der Waals surface area (Å²) in [7, 11) is 1.65. The molecular formula is C18H25N5O3. The Balaban J connectivity index is 1.72. The normalized spacial score (nSPS) is 15.2. The molecule has 1 fully saturated rings. The predicted molar refractivity (Wildman–Crippen MR) is 95.8 cm³/mol. The van der Waals surface area contributed by atoms with Crippen molar-refractivity contribution in [3.63, 3.8) is 0 Å². The van der Waals surface area contributed by atoms with Gasteiger partial charge in [0, 0.05) is 24.9 Å². The molecule has 2 amide bonds. The van der Waals surface area contributed by atoms with Crippen LogP contribution in [0.15, 0.2) is 6.20 Å². The summed E-state index contributed by atoms with van der Waals surface area (Å²) in [5.41, 5.74) is 8.72. The first kappa shape index (κ1) is 18.3. The molecule has 3 rings (SSSR count). The molecular weight excluding hydrogens is 334 g/mol. The van der Waals surface area contributed by atoms with Gasteiger partial charge in [-0.05, 0) is 44.6 Å². The number of carbonyl (C=O) groups excluding carboxylic acids is 2. The molecule has 0 spiro atoms. The maximum Gasteiger partial charge on any atom is 0.254 e. The number of ether oxygens (including phenoxy) is 1. The lowest BCUT2D eigenvalue weighted by molar-refractivity contribution is -0.122. The third kappa shape index (κ3) is 3.70. The monoisotopic (exact) mass is 359 g/mol. The van der Waals surface area contributed by atoms with Gasteiger partial charge in [0.2, 0.25) is 5.91 Å². The SMILES string of the molecule is COCC(NC(=O)CCc1c(C)nc2c(C(N)=O)cnn2c1C)C1CC1. The van der Waals surface area contributed by atoms with Crippen LogP contribution in [0.5, 0.6) is 0 Å². The lowest BCUT2D eigenvalue weighted by atomic mass is 10.1. The van der Waals surface area contributed by atoms with E-state index in [-0.39, 0.29) is 11.9 Å². The minimum absolute atomic E-state index is 0.0103. The van der Waals surface area contributed by atoms with Crippen molar-refractivity contribution in [2.24, 2.45) is 11.7 Å². The highest BCUT2D eigenvalue weighted by Crippen LogP contribution is 2.32. The van der Waals surface area contributed by atoms with Gasteiger partial charge >= 0.3 is 0 Å². The largest absolute Gasteiger partial charge is 0.383 e. The number of amides is 2. The smallest absolute Gasteiger partial charge is 0.254 e. The molecule has 0 bridgehead atoms. The van der Waals surface area contributed by atoms with Crippen LogP contribution in [0.25, 0.3) is 5.65 Å². The van der Waals surface area contributed by atoms with Gasteiger partial charge in [0.15, 0.2) is 5.65 Å². The van der Waals surface area contributed by atoms with Crippen molar-refractivity contribution in [1.82, 2.24) is 19.9 Å². The van der Waals surface area contributed by atoms with Gasteiger partial charge in [-0.3, -0.25) is 9.59 Å². The fourth-order valence-corrected chi connectivity index (χ4v) is 3.34. The molecule has 2 aromatic heterocycles. The average molecular weight is 359 g/mol. The Labute approximate surface area is 152 Å². The number of carbonyl (C=O) groups is 2. The van der Waals surface area contributed by atoms with Crippen LogP contribution in [0.3, 0.4) is 0 Å². The first-order valence-electron chi connectivity index (χ1n) is 8.84. The molecule has 2 heterocycles. The van der Waals surface area contributed by atoms with E-state index in [1.165, 1.54) is 6.20 Å². The quantitative estimate of drug-likeness (QED) is 0.728. The number of nitrogens with one attached hydrogen (secondary N) is 1. The zero-order chi connectivity index (χ0) is 18.8. The molecule has 140 valence electrons. The zero-order valence-electron chi connectivity index (χ0n) is 15.4. The Morgan fingerprint density at radius 1 is 1.42 bits per heavy atom. The van der Waals surface area contributed by atoms with Crippen molar-refractivity contribution in [2.45, 2.75) is 45.6 Å². The van der Waals surface area contributed by atoms with Gasteiger partial charge in [-0.1, -0.05) is 0 Å². The fraction of sp³-hybridized carbons (Fsp3) is 0.556. The standard InChI is InChI=1S/C18H25N5O3/c1-10-13(6-7-16(24)22-15(9-26-3)12-4-5-12)11(2)23-18(21-10)14(8-20-23)17(19)25/h8,12,15H,4-7,9H2,1-3H3,(H2,19,25)(H,22,24). The maximum atomic E-state index is 12.3. The van der Waals surface area contributed by atoms with Gasteiger partial charge in [-0.15, -0.1) is 0 Å². The second-order valence-electron chi connectivity index (χ2n) is 6.89. The lowest BCUT2D eigenvalue weighted by Gasteiger charge is -2.17. The van der Waals surface area contributed by atoms with E-state index in [4.69, 9.17) is 10.5 Å². The summed E-state index contributed by atoms with van der Waals surface area (Å²) < 4.78 is 6.81. The number of nitrogens with zero attached hydrogens (tertiary/aromatic N) is 3. The number of methoxy groups -OCH3 is 1. The molecule has 1 aliphatic carbocycles. The van der Waals surface area contributed by atoms with Gasteiger partial charge in [0.25, 0.3) is 5.91 Å². The van der Waals surface area contributed by atoms with E-state index in [1.54, 1.807) is 11.6 Å². The minimum atomic E-state index is -0.553. The summed E-state index contributed by atoms with van der Waals surface area (Å²) in [5, 5.41) is 7.29. The molecule has 8 heteroatoms. The van der Waals surface area contributed by atoms with E-state index in [0.717, 1.165) is 29.8 Å². The van der Waals surface area contributed by atoms with Crippen LogP contribution in [-0.4, -0.2) is 46.2 Å². The van der Waals surface area contributed by atoms with Gasteiger partial charge in [-0.25, -0.2) is 9.50 Å². The molecule has 1 saturated carbocycles. The van der Waals surface area contributed by atoms with Crippen molar-refractivity contribution in [2.75, 3.05) is 13.7 Å². The van der Waals surface area contributed by atoms with Crippen molar-refractivity contribution >= 4 is 17.5 Å². The van der Waals surface area contributed by atoms with Crippen LogP contribution in [0.4, 0.5) is 0 Å². The molecule has 0 aliphatic heterocycles. The van der Waals surface area contributed by atoms with Crippen LogP contribution in [0, 0.1) is 19.8 Å². The van der Waals surface area contributed by atoms with Crippen LogP contribution in [0.2, 0.25) is 0 Å². The second-order valence-corrected chi connectivity index (χ2v) is 6.89. The molecule has 1 aliphatic rings. The predicted octanol–water partition coefficient (Wildman–Crippen LogP) is 0.919. The summed E-state index contributed by atoms with van der Waals surface area (Å²) >= 11 is 0. The maximum absolute atomic E-state index is 12.3. The van der Waals surface area contributed by atoms with Crippen molar-refractivity contribution in [3.8, 4) is 0 Å². The number of aromatic nitrogens is 3. The van der Waals surface area contributed by atoms with Crippen molar-refractivity contribution in [3.05, 3.63) is 28.7 Å². The van der Waals surface area contributed by atoms with Crippen LogP contribution < -0.4 is 11.1 Å². The Kier molecular flexibility index (Phi) is 5.22. The van der Waals surface area contributed by atoms with Crippen LogP contribution in [0.1, 0.15) is 46.6 Å². The Morgan fingerprint density at radius 2 is 2.15 bits per heavy atom. The van der Waals surface area contributed by atoms with E-state index in [0.29, 0.717) is 36.6 Å². The molecule has 2 aromatic rings. The summed E-state index contributed by atoms with van der Waals surface area (Å²) in [5.74, 6) is -0.00416. The van der Waals surface area contributed by atoms with Gasteiger partial charge in [0.05, 0.1) is 18.8 Å². The summed E-state index contributed by atoms with van der Waals surface area (Å²) in [6.07, 6.45) is 4.65. The lowest BCUT2D eigenvalue weighted by Crippen LogP contribution is -2.39. The average Bonchev–Trinajstić information content (AvgIpc) is 3.34. The molecule has 1 atom stereocenters. The van der Waals surface area contributed by atoms with Gasteiger partial charge in [0.1, 0.15) is 5.56 Å². The Hall–Kier alpha value is -2.48. The van der Waals surface area contributed by atoms with E-state index < -0.39 is 5.91 Å². The van der Waals surface area contributed by atoms with E-state index in [2.05, 4.69) is 15.4 Å². The minimum Gasteiger partial charge on any atom is -0.383 e. The number of primary amides is 1. The first-order valence-corrected chi connectivity index (χ1v) is 8.84. The summed E-state index contributed by atoms with van der Waals surface area (Å²) in [4.78, 5) is 28.3. The van der Waals surface area contributed by atoms with E-state index in [9.17, 15) is 9.59 Å². The highest BCUT2D eigenvalue weighted by Gasteiger charge is 2.32. The van der Waals surface area contributed by atoms with E-state index >= 15 is 0 Å².